The summed E-state index contributed by atoms with van der Waals surface area (Å²) >= 11 is 0. The molecule has 2 aliphatic carbocycles. The normalized spacial score (nSPS) is 20.9. The Bertz CT molecular complexity index is 754. The molecule has 0 spiro atoms. The predicted octanol–water partition coefficient (Wildman–Crippen LogP) is 8.55. The van der Waals surface area contributed by atoms with Crippen molar-refractivity contribution in [3.05, 3.63) is 70.8 Å². The molecule has 2 aromatic rings. The molecular weight excluding hydrogens is 336 g/mol. The molecule has 0 radical (unpaired) electrons. The zero-order valence-corrected chi connectivity index (χ0v) is 18.3. The molecule has 2 aromatic carbocycles. The Morgan fingerprint density at radius 1 is 0.607 bits per heavy atom. The van der Waals surface area contributed by atoms with Gasteiger partial charge in [0.25, 0.3) is 0 Å². The molecular formula is C28H42. The lowest BCUT2D eigenvalue weighted by Gasteiger charge is -2.35. The quantitative estimate of drug-likeness (QED) is 0.430. The van der Waals surface area contributed by atoms with Crippen molar-refractivity contribution < 1.29 is 0 Å². The second kappa shape index (κ2) is 8.85. The molecule has 0 nitrogen and oxygen atoms in total. The highest BCUT2D eigenvalue weighted by atomic mass is 14.4. The van der Waals surface area contributed by atoms with Crippen molar-refractivity contribution >= 4 is 0 Å². The maximum absolute atomic E-state index is 2.36. The molecule has 0 aliphatic heterocycles. The Kier molecular flexibility index (Phi) is 7.18. The van der Waals surface area contributed by atoms with E-state index in [9.17, 15) is 0 Å². The molecule has 0 heteroatoms. The molecule has 28 heavy (non-hydrogen) atoms. The van der Waals surface area contributed by atoms with Gasteiger partial charge in [-0.1, -0.05) is 97.5 Å². The Hall–Kier alpha value is -1.56. The fourth-order valence-corrected chi connectivity index (χ4v) is 5.11. The zero-order valence-electron chi connectivity index (χ0n) is 18.3. The summed E-state index contributed by atoms with van der Waals surface area (Å²) in [7, 11) is 0. The number of hydrogen-bond acceptors (Lipinski definition) is 0. The zero-order chi connectivity index (χ0) is 19.7. The van der Waals surface area contributed by atoms with Crippen molar-refractivity contribution in [2.24, 2.45) is 10.8 Å². The lowest BCUT2D eigenvalue weighted by Crippen LogP contribution is -2.22. The number of hydrogen-bond donors (Lipinski definition) is 0. The highest BCUT2D eigenvalue weighted by molar-refractivity contribution is 5.36. The van der Waals surface area contributed by atoms with Gasteiger partial charge in [-0.15, -0.1) is 0 Å². The molecule has 2 unspecified atom stereocenters. The average molecular weight is 379 g/mol. The fraction of sp³-hybridized carbons (Fsp3) is 0.571. The van der Waals surface area contributed by atoms with Crippen LogP contribution in [-0.4, -0.2) is 0 Å². The van der Waals surface area contributed by atoms with Gasteiger partial charge in [-0.3, -0.25) is 0 Å². The molecule has 0 saturated carbocycles. The Balaban J connectivity index is 0.000000194. The van der Waals surface area contributed by atoms with E-state index in [0.717, 1.165) is 11.8 Å². The first kappa shape index (κ1) is 22.7. The predicted molar refractivity (Wildman–Crippen MR) is 125 cm³/mol. The van der Waals surface area contributed by atoms with E-state index in [1.807, 2.05) is 0 Å². The van der Waals surface area contributed by atoms with Gasteiger partial charge >= 0.3 is 0 Å². The minimum Gasteiger partial charge on any atom is -0.0776 e. The van der Waals surface area contributed by atoms with Gasteiger partial charge in [-0.2, -0.15) is 0 Å². The van der Waals surface area contributed by atoms with Gasteiger partial charge in [0.2, 0.25) is 0 Å². The SMILES string of the molecule is C.CC(C)(C)C1CCCc2ccccc21.CC(C)(C)C1CCc2ccccc21. The number of rotatable bonds is 0. The highest BCUT2D eigenvalue weighted by Gasteiger charge is 2.31. The summed E-state index contributed by atoms with van der Waals surface area (Å²) in [6, 6.07) is 17.9. The monoisotopic (exact) mass is 378 g/mol. The average Bonchev–Trinajstić information content (AvgIpc) is 3.05. The van der Waals surface area contributed by atoms with E-state index in [1.54, 1.807) is 22.3 Å². The lowest BCUT2D eigenvalue weighted by atomic mass is 9.69. The molecule has 0 aromatic heterocycles. The number of aryl methyl sites for hydroxylation is 2. The van der Waals surface area contributed by atoms with E-state index in [2.05, 4.69) is 90.1 Å². The van der Waals surface area contributed by atoms with Gasteiger partial charge < -0.3 is 0 Å². The van der Waals surface area contributed by atoms with E-state index in [-0.39, 0.29) is 7.43 Å². The van der Waals surface area contributed by atoms with Crippen molar-refractivity contribution in [3.63, 3.8) is 0 Å². The molecule has 2 atom stereocenters. The lowest BCUT2D eigenvalue weighted by molar-refractivity contribution is 0.289. The largest absolute Gasteiger partial charge is 0.0776 e. The summed E-state index contributed by atoms with van der Waals surface area (Å²) in [4.78, 5) is 0. The highest BCUT2D eigenvalue weighted by Crippen LogP contribution is 2.44. The van der Waals surface area contributed by atoms with Crippen LogP contribution in [0, 0.1) is 10.8 Å². The van der Waals surface area contributed by atoms with Crippen LogP contribution in [0.25, 0.3) is 0 Å². The maximum atomic E-state index is 2.36. The molecule has 2 aliphatic rings. The first-order chi connectivity index (χ1) is 12.7. The van der Waals surface area contributed by atoms with Gasteiger partial charge in [-0.05, 0) is 77.0 Å². The molecule has 0 N–H and O–H groups in total. The summed E-state index contributed by atoms with van der Waals surface area (Å²) in [6.07, 6.45) is 6.61. The van der Waals surface area contributed by atoms with Gasteiger partial charge in [0, 0.05) is 0 Å². The second-order valence-electron chi connectivity index (χ2n) is 10.7. The summed E-state index contributed by atoms with van der Waals surface area (Å²) in [5.41, 5.74) is 7.19. The van der Waals surface area contributed by atoms with Crippen LogP contribution in [0.1, 0.15) is 102 Å². The van der Waals surface area contributed by atoms with Crippen LogP contribution in [0.4, 0.5) is 0 Å². The third-order valence-corrected chi connectivity index (χ3v) is 6.59. The fourth-order valence-electron chi connectivity index (χ4n) is 5.11. The van der Waals surface area contributed by atoms with E-state index in [4.69, 9.17) is 0 Å². The van der Waals surface area contributed by atoms with Crippen LogP contribution in [0.3, 0.4) is 0 Å². The topological polar surface area (TPSA) is 0 Å². The van der Waals surface area contributed by atoms with Crippen molar-refractivity contribution in [2.45, 2.75) is 92.9 Å². The van der Waals surface area contributed by atoms with Crippen LogP contribution < -0.4 is 0 Å². The summed E-state index contributed by atoms with van der Waals surface area (Å²) in [5, 5.41) is 0. The van der Waals surface area contributed by atoms with Gasteiger partial charge in [0.05, 0.1) is 0 Å². The minimum atomic E-state index is 0. The molecule has 0 saturated heterocycles. The first-order valence-corrected chi connectivity index (χ1v) is 10.8. The van der Waals surface area contributed by atoms with Crippen molar-refractivity contribution in [2.75, 3.05) is 0 Å². The Morgan fingerprint density at radius 3 is 1.54 bits per heavy atom. The van der Waals surface area contributed by atoms with Crippen molar-refractivity contribution in [1.82, 2.24) is 0 Å². The molecule has 0 bridgehead atoms. The minimum absolute atomic E-state index is 0. The van der Waals surface area contributed by atoms with Gasteiger partial charge in [-0.25, -0.2) is 0 Å². The standard InChI is InChI=1S/C14H20.C13H18.CH4/c1-14(2,3)13-10-6-8-11-7-4-5-9-12(11)13;1-13(2,3)12-9-8-10-6-4-5-7-11(10)12;/h4-5,7,9,13H,6,8,10H2,1-3H3;4-7,12H,8-9H2,1-3H3;1H4. The van der Waals surface area contributed by atoms with Crippen LogP contribution in [0.2, 0.25) is 0 Å². The molecule has 0 fully saturated rings. The smallest absolute Gasteiger partial charge is 0.0107 e. The van der Waals surface area contributed by atoms with Crippen molar-refractivity contribution in [3.8, 4) is 0 Å². The second-order valence-corrected chi connectivity index (χ2v) is 10.7. The van der Waals surface area contributed by atoms with E-state index in [0.29, 0.717) is 10.8 Å². The van der Waals surface area contributed by atoms with Crippen LogP contribution in [0.15, 0.2) is 48.5 Å². The van der Waals surface area contributed by atoms with Crippen LogP contribution in [-0.2, 0) is 12.8 Å². The van der Waals surface area contributed by atoms with Crippen LogP contribution >= 0.6 is 0 Å². The molecule has 0 amide bonds. The van der Waals surface area contributed by atoms with Gasteiger partial charge in [0.15, 0.2) is 0 Å². The summed E-state index contributed by atoms with van der Waals surface area (Å²) in [5.74, 6) is 1.52. The molecule has 154 valence electrons. The van der Waals surface area contributed by atoms with E-state index in [1.165, 1.54) is 32.1 Å². The molecule has 4 rings (SSSR count). The maximum Gasteiger partial charge on any atom is -0.0107 e. The first-order valence-electron chi connectivity index (χ1n) is 10.8. The number of fused-ring (bicyclic) bond motifs is 2. The van der Waals surface area contributed by atoms with E-state index >= 15 is 0 Å². The third-order valence-electron chi connectivity index (χ3n) is 6.59. The Morgan fingerprint density at radius 2 is 1.04 bits per heavy atom. The summed E-state index contributed by atoms with van der Waals surface area (Å²) < 4.78 is 0. The number of benzene rings is 2. The molecule has 0 heterocycles. The summed E-state index contributed by atoms with van der Waals surface area (Å²) in [6.45, 7) is 14.1. The third kappa shape index (κ3) is 5.07. The van der Waals surface area contributed by atoms with Crippen LogP contribution in [0.5, 0.6) is 0 Å². The Labute approximate surface area is 174 Å². The van der Waals surface area contributed by atoms with E-state index < -0.39 is 0 Å². The van der Waals surface area contributed by atoms with Crippen molar-refractivity contribution in [1.29, 1.82) is 0 Å². The van der Waals surface area contributed by atoms with Gasteiger partial charge in [0.1, 0.15) is 0 Å².